The molecule has 4 heteroatoms. The van der Waals surface area contributed by atoms with Crippen molar-refractivity contribution in [1.82, 2.24) is 0 Å². The molecule has 17 heavy (non-hydrogen) atoms. The molecule has 0 aliphatic heterocycles. The Morgan fingerprint density at radius 1 is 1.24 bits per heavy atom. The molecule has 0 bridgehead atoms. The van der Waals surface area contributed by atoms with Gasteiger partial charge in [0.25, 0.3) is 0 Å². The summed E-state index contributed by atoms with van der Waals surface area (Å²) in [6, 6.07) is 9.76. The predicted octanol–water partition coefficient (Wildman–Crippen LogP) is 5.01. The molecule has 0 saturated heterocycles. The number of halogens is 2. The maximum absolute atomic E-state index is 12.0. The van der Waals surface area contributed by atoms with E-state index in [1.54, 1.807) is 0 Å². The summed E-state index contributed by atoms with van der Waals surface area (Å²) in [5.41, 5.74) is 1.04. The normalized spacial score (nSPS) is 10.5. The van der Waals surface area contributed by atoms with Gasteiger partial charge < -0.3 is 0 Å². The molecular weight excluding hydrogens is 364 g/mol. The summed E-state index contributed by atoms with van der Waals surface area (Å²) in [6.07, 6.45) is 0.458. The lowest BCUT2D eigenvalue weighted by atomic mass is 10.1. The molecule has 0 amide bonds. The maximum atomic E-state index is 12.0. The van der Waals surface area contributed by atoms with Crippen LogP contribution in [0.4, 0.5) is 0 Å². The minimum absolute atomic E-state index is 0.172. The molecule has 0 aliphatic rings. The second-order valence-electron chi connectivity index (χ2n) is 3.74. The number of carbonyl (C=O) groups is 1. The lowest BCUT2D eigenvalue weighted by molar-refractivity contribution is 0.0997. The highest BCUT2D eigenvalue weighted by Crippen LogP contribution is 2.27. The molecular formula is C13H10Br2OS. The van der Waals surface area contributed by atoms with E-state index in [1.165, 1.54) is 11.3 Å². The van der Waals surface area contributed by atoms with Crippen LogP contribution in [-0.4, -0.2) is 5.78 Å². The van der Waals surface area contributed by atoms with Crippen molar-refractivity contribution in [2.24, 2.45) is 0 Å². The van der Waals surface area contributed by atoms with Crippen molar-refractivity contribution in [2.75, 3.05) is 0 Å². The first-order valence-electron chi connectivity index (χ1n) is 5.10. The van der Waals surface area contributed by atoms with Crippen LogP contribution in [0.1, 0.15) is 20.1 Å². The fraction of sp³-hybridized carbons (Fsp3) is 0.154. The first-order valence-corrected chi connectivity index (χ1v) is 7.50. The van der Waals surface area contributed by atoms with E-state index < -0.39 is 0 Å². The van der Waals surface area contributed by atoms with Gasteiger partial charge >= 0.3 is 0 Å². The molecule has 1 aromatic carbocycles. The van der Waals surface area contributed by atoms with Crippen LogP contribution < -0.4 is 0 Å². The zero-order chi connectivity index (χ0) is 12.4. The number of hydrogen-bond donors (Lipinski definition) is 0. The van der Waals surface area contributed by atoms with Gasteiger partial charge in [0.2, 0.25) is 0 Å². The van der Waals surface area contributed by atoms with Gasteiger partial charge in [0.1, 0.15) is 0 Å². The van der Waals surface area contributed by atoms with Crippen molar-refractivity contribution in [1.29, 1.82) is 0 Å². The zero-order valence-electron chi connectivity index (χ0n) is 9.17. The van der Waals surface area contributed by atoms with E-state index in [2.05, 4.69) is 31.9 Å². The molecule has 0 aliphatic carbocycles. The molecule has 0 N–H and O–H groups in total. The van der Waals surface area contributed by atoms with Crippen LogP contribution in [-0.2, 0) is 6.42 Å². The van der Waals surface area contributed by atoms with E-state index in [4.69, 9.17) is 0 Å². The number of aryl methyl sites for hydroxylation is 1. The highest BCUT2D eigenvalue weighted by molar-refractivity contribution is 9.10. The molecule has 0 spiro atoms. The highest BCUT2D eigenvalue weighted by Gasteiger charge is 2.11. The average Bonchev–Trinajstić information content (AvgIpc) is 2.63. The van der Waals surface area contributed by atoms with Gasteiger partial charge in [0, 0.05) is 20.2 Å². The van der Waals surface area contributed by atoms with Crippen molar-refractivity contribution in [3.05, 3.63) is 54.6 Å². The van der Waals surface area contributed by atoms with Crippen LogP contribution in [0.2, 0.25) is 0 Å². The molecule has 1 nitrogen and oxygen atoms in total. The van der Waals surface area contributed by atoms with Gasteiger partial charge in [-0.2, -0.15) is 0 Å². The maximum Gasteiger partial charge on any atom is 0.177 e. The number of carbonyl (C=O) groups excluding carboxylic acids is 1. The summed E-state index contributed by atoms with van der Waals surface area (Å²) >= 11 is 8.35. The number of rotatable bonds is 3. The van der Waals surface area contributed by atoms with Gasteiger partial charge in [-0.05, 0) is 46.6 Å². The van der Waals surface area contributed by atoms with Gasteiger partial charge in [0.15, 0.2) is 5.78 Å². The van der Waals surface area contributed by atoms with Crippen molar-refractivity contribution in [3.63, 3.8) is 0 Å². The Morgan fingerprint density at radius 2 is 1.88 bits per heavy atom. The number of thiophene rings is 1. The van der Waals surface area contributed by atoms with E-state index in [0.717, 1.165) is 24.3 Å². The minimum atomic E-state index is 0.172. The van der Waals surface area contributed by atoms with Crippen LogP contribution in [0.25, 0.3) is 0 Å². The third-order valence-corrected chi connectivity index (χ3v) is 5.12. The van der Waals surface area contributed by atoms with Gasteiger partial charge in [-0.3, -0.25) is 4.79 Å². The summed E-state index contributed by atoms with van der Waals surface area (Å²) < 4.78 is 2.05. The molecule has 1 heterocycles. The Morgan fingerprint density at radius 3 is 2.41 bits per heavy atom. The van der Waals surface area contributed by atoms with Gasteiger partial charge in [-0.15, -0.1) is 11.3 Å². The molecule has 0 atom stereocenters. The fourth-order valence-corrected chi connectivity index (χ4v) is 3.21. The number of benzene rings is 1. The number of Topliss-reactive ketones (excluding diaryl/α,β-unsaturated/α-hetero) is 1. The quantitative estimate of drug-likeness (QED) is 0.691. The van der Waals surface area contributed by atoms with Crippen LogP contribution in [0.5, 0.6) is 0 Å². The Balaban J connectivity index is 2.14. The third-order valence-electron chi connectivity index (χ3n) is 2.41. The average molecular weight is 374 g/mol. The SMILES string of the molecule is Cc1sc(C(=O)Cc2ccc(Br)cc2)cc1Br. The van der Waals surface area contributed by atoms with Gasteiger partial charge in [-0.1, -0.05) is 28.1 Å². The van der Waals surface area contributed by atoms with Crippen molar-refractivity contribution in [3.8, 4) is 0 Å². The van der Waals surface area contributed by atoms with E-state index in [-0.39, 0.29) is 5.78 Å². The summed E-state index contributed by atoms with van der Waals surface area (Å²) in [5.74, 6) is 0.172. The Bertz CT molecular complexity index is 524. The lowest BCUT2D eigenvalue weighted by Gasteiger charge is -1.99. The molecule has 0 fully saturated rings. The second kappa shape index (κ2) is 5.46. The first kappa shape index (κ1) is 13.0. The standard InChI is InChI=1S/C13H10Br2OS/c1-8-11(15)7-13(17-8)12(16)6-9-2-4-10(14)5-3-9/h2-5,7H,6H2,1H3. The Hall–Kier alpha value is -0.450. The van der Waals surface area contributed by atoms with Crippen LogP contribution in [0.3, 0.4) is 0 Å². The van der Waals surface area contributed by atoms with Crippen LogP contribution in [0.15, 0.2) is 39.3 Å². The van der Waals surface area contributed by atoms with E-state index in [9.17, 15) is 4.79 Å². The molecule has 0 unspecified atom stereocenters. The summed E-state index contributed by atoms with van der Waals surface area (Å²) in [7, 11) is 0. The van der Waals surface area contributed by atoms with Crippen molar-refractivity contribution < 1.29 is 4.79 Å². The van der Waals surface area contributed by atoms with Crippen molar-refractivity contribution in [2.45, 2.75) is 13.3 Å². The number of ketones is 1. The molecule has 2 aromatic rings. The molecule has 0 saturated carbocycles. The predicted molar refractivity (Wildman–Crippen MR) is 78.9 cm³/mol. The monoisotopic (exact) mass is 372 g/mol. The smallest absolute Gasteiger partial charge is 0.177 e. The second-order valence-corrected chi connectivity index (χ2v) is 6.77. The Kier molecular flexibility index (Phi) is 4.17. The molecule has 2 rings (SSSR count). The van der Waals surface area contributed by atoms with Crippen LogP contribution >= 0.6 is 43.2 Å². The largest absolute Gasteiger partial charge is 0.293 e. The van der Waals surface area contributed by atoms with E-state index >= 15 is 0 Å². The lowest BCUT2D eigenvalue weighted by Crippen LogP contribution is -2.00. The summed E-state index contributed by atoms with van der Waals surface area (Å²) in [6.45, 7) is 2.01. The molecule has 0 radical (unpaired) electrons. The van der Waals surface area contributed by atoms with Crippen molar-refractivity contribution >= 4 is 49.0 Å². The topological polar surface area (TPSA) is 17.1 Å². The molecule has 1 aromatic heterocycles. The zero-order valence-corrected chi connectivity index (χ0v) is 13.2. The summed E-state index contributed by atoms with van der Waals surface area (Å²) in [5, 5.41) is 0. The third kappa shape index (κ3) is 3.27. The number of hydrogen-bond acceptors (Lipinski definition) is 2. The van der Waals surface area contributed by atoms with E-state index in [0.29, 0.717) is 6.42 Å². The highest BCUT2D eigenvalue weighted by atomic mass is 79.9. The summed E-state index contributed by atoms with van der Waals surface area (Å²) in [4.78, 5) is 14.0. The van der Waals surface area contributed by atoms with Gasteiger partial charge in [0.05, 0.1) is 4.88 Å². The van der Waals surface area contributed by atoms with E-state index in [1.807, 2.05) is 37.3 Å². The Labute approximate surface area is 121 Å². The first-order chi connectivity index (χ1) is 8.06. The van der Waals surface area contributed by atoms with Gasteiger partial charge in [-0.25, -0.2) is 0 Å². The van der Waals surface area contributed by atoms with Crippen LogP contribution in [0, 0.1) is 6.92 Å². The fourth-order valence-electron chi connectivity index (χ4n) is 1.47. The molecule has 88 valence electrons. The minimum Gasteiger partial charge on any atom is -0.293 e.